The van der Waals surface area contributed by atoms with Crippen molar-refractivity contribution in [1.29, 1.82) is 0 Å². The second kappa shape index (κ2) is 9.79. The Balaban J connectivity index is 1.36. The number of nitrogens with zero attached hydrogens (tertiary/aromatic N) is 1. The number of aryl methyl sites for hydroxylation is 1. The zero-order chi connectivity index (χ0) is 32.2. The Morgan fingerprint density at radius 2 is 1.15 bits per heavy atom. The number of fused-ring (bicyclic) bond motifs is 7. The second-order valence-electron chi connectivity index (χ2n) is 14.7. The van der Waals surface area contributed by atoms with Crippen molar-refractivity contribution in [2.75, 3.05) is 11.9 Å². The fraction of sp³-hybridized carbons (Fsp3) is 0.156. The van der Waals surface area contributed by atoms with Gasteiger partial charge in [0.05, 0.1) is 0 Å². The lowest BCUT2D eigenvalue weighted by Crippen LogP contribution is -2.58. The highest BCUT2D eigenvalue weighted by Crippen LogP contribution is 2.54. The van der Waals surface area contributed by atoms with Crippen LogP contribution in [0.4, 0.5) is 11.4 Å². The summed E-state index contributed by atoms with van der Waals surface area (Å²) in [4.78, 5) is 2.42. The molecule has 0 N–H and O–H groups in total. The van der Waals surface area contributed by atoms with Gasteiger partial charge in [0.25, 0.3) is 0 Å². The molecule has 0 bridgehead atoms. The van der Waals surface area contributed by atoms with Gasteiger partial charge in [0.2, 0.25) is 0 Å². The summed E-state index contributed by atoms with van der Waals surface area (Å²) in [5, 5.41) is 8.26. The first-order valence-corrected chi connectivity index (χ1v) is 19.8. The lowest BCUT2D eigenvalue weighted by atomic mass is 9.80. The van der Waals surface area contributed by atoms with Crippen molar-refractivity contribution in [3.05, 3.63) is 144 Å². The van der Waals surface area contributed by atoms with Gasteiger partial charge >= 0.3 is 0 Å². The number of para-hydroxylation sites is 1. The topological polar surface area (TPSA) is 3.24 Å². The maximum Gasteiger partial charge on any atom is 0.117 e. The number of hydrogen-bond donors (Lipinski definition) is 0. The molecule has 1 aliphatic heterocycles. The van der Waals surface area contributed by atoms with Gasteiger partial charge in [0.1, 0.15) is 8.07 Å². The quantitative estimate of drug-likeness (QED) is 0.137. The van der Waals surface area contributed by atoms with Gasteiger partial charge in [-0.05, 0) is 95.5 Å². The molecule has 0 atom stereocenters. The molecule has 0 aromatic heterocycles. The van der Waals surface area contributed by atoms with E-state index < -0.39 is 8.07 Å². The Morgan fingerprint density at radius 1 is 0.511 bits per heavy atom. The Bertz CT molecular complexity index is 2450. The summed E-state index contributed by atoms with van der Waals surface area (Å²) in [7, 11) is 0.381. The molecule has 0 radical (unpaired) electrons. The molecule has 0 fully saturated rings. The lowest BCUT2D eigenvalue weighted by Gasteiger charge is -2.39. The zero-order valence-corrected chi connectivity index (χ0v) is 29.1. The van der Waals surface area contributed by atoms with E-state index in [1.54, 1.807) is 0 Å². The summed E-state index contributed by atoms with van der Waals surface area (Å²) in [5.41, 5.74) is 14.8. The van der Waals surface area contributed by atoms with Gasteiger partial charge in [0.15, 0.2) is 0 Å². The van der Waals surface area contributed by atoms with Gasteiger partial charge in [-0.1, -0.05) is 148 Å². The molecule has 0 unspecified atom stereocenters. The minimum atomic E-state index is -1.86. The third-order valence-electron chi connectivity index (χ3n) is 11.3. The van der Waals surface area contributed by atoms with E-state index in [0.29, 0.717) is 0 Å². The molecular formula is C45H39NSi. The first-order chi connectivity index (χ1) is 22.7. The van der Waals surface area contributed by atoms with Gasteiger partial charge in [-0.2, -0.15) is 0 Å². The Kier molecular flexibility index (Phi) is 5.90. The average Bonchev–Trinajstić information content (AvgIpc) is 3.32. The number of benzene rings is 7. The molecule has 0 spiro atoms. The second-order valence-corrected chi connectivity index (χ2v) is 19.0. The molecule has 2 aliphatic rings. The van der Waals surface area contributed by atoms with Crippen molar-refractivity contribution in [1.82, 2.24) is 0 Å². The predicted octanol–water partition coefficient (Wildman–Crippen LogP) is 10.8. The molecule has 9 rings (SSSR count). The van der Waals surface area contributed by atoms with E-state index in [9.17, 15) is 0 Å². The minimum Gasteiger partial charge on any atom is -0.345 e. The molecule has 228 valence electrons. The van der Waals surface area contributed by atoms with Crippen molar-refractivity contribution in [3.8, 4) is 33.4 Å². The van der Waals surface area contributed by atoms with Crippen LogP contribution >= 0.6 is 0 Å². The minimum absolute atomic E-state index is 0.0474. The Hall–Kier alpha value is -4.92. The summed E-state index contributed by atoms with van der Waals surface area (Å²) in [5.74, 6) is 0. The normalized spacial score (nSPS) is 15.3. The number of hydrogen-bond acceptors (Lipinski definition) is 1. The van der Waals surface area contributed by atoms with Crippen LogP contribution in [0.3, 0.4) is 0 Å². The van der Waals surface area contributed by atoms with Crippen LogP contribution in [0, 0.1) is 6.92 Å². The van der Waals surface area contributed by atoms with E-state index in [1.165, 1.54) is 93.4 Å². The Labute approximate surface area is 279 Å². The first-order valence-electron chi connectivity index (χ1n) is 16.8. The van der Waals surface area contributed by atoms with Crippen LogP contribution in [0.2, 0.25) is 13.1 Å². The molecule has 7 aromatic carbocycles. The smallest absolute Gasteiger partial charge is 0.117 e. The van der Waals surface area contributed by atoms with E-state index in [-0.39, 0.29) is 5.41 Å². The van der Waals surface area contributed by atoms with Crippen molar-refractivity contribution in [3.63, 3.8) is 0 Å². The molecule has 0 saturated carbocycles. The van der Waals surface area contributed by atoms with Crippen molar-refractivity contribution in [2.45, 2.75) is 39.3 Å². The number of anilines is 2. The van der Waals surface area contributed by atoms with Crippen molar-refractivity contribution >= 4 is 51.4 Å². The highest BCUT2D eigenvalue weighted by atomic mass is 28.3. The van der Waals surface area contributed by atoms with Crippen LogP contribution in [0.1, 0.15) is 30.5 Å². The number of rotatable bonds is 2. The molecule has 1 heterocycles. The van der Waals surface area contributed by atoms with Crippen LogP contribution < -0.4 is 15.3 Å². The molecule has 1 nitrogen and oxygen atoms in total. The highest BCUT2D eigenvalue weighted by molar-refractivity contribution is 7.02. The van der Waals surface area contributed by atoms with Gasteiger partial charge in [-0.25, -0.2) is 0 Å². The summed E-state index contributed by atoms with van der Waals surface area (Å²) in [6, 6.07) is 48.5. The summed E-state index contributed by atoms with van der Waals surface area (Å²) in [6.07, 6.45) is 0. The molecule has 1 aliphatic carbocycles. The van der Waals surface area contributed by atoms with E-state index in [1.807, 2.05) is 0 Å². The average molecular weight is 622 g/mol. The maximum absolute atomic E-state index is 2.50. The van der Waals surface area contributed by atoms with E-state index in [4.69, 9.17) is 0 Å². The third-order valence-corrected chi connectivity index (χ3v) is 14.9. The van der Waals surface area contributed by atoms with Gasteiger partial charge in [-0.15, -0.1) is 0 Å². The summed E-state index contributed by atoms with van der Waals surface area (Å²) in [6.45, 7) is 12.0. The van der Waals surface area contributed by atoms with Crippen LogP contribution in [0.15, 0.2) is 127 Å². The molecule has 2 heteroatoms. The SMILES string of the molecule is Cc1ccc2c(-c3ccc4c(c3)N(C)c3ccccc3[Si]4(C)C)c3ccccc3c(-c3cccc4c3-c3ccccc3C4(C)C)c2c1. The van der Waals surface area contributed by atoms with Crippen molar-refractivity contribution < 1.29 is 0 Å². The van der Waals surface area contributed by atoms with Crippen LogP contribution in [-0.2, 0) is 5.41 Å². The van der Waals surface area contributed by atoms with E-state index >= 15 is 0 Å². The fourth-order valence-corrected chi connectivity index (χ4v) is 12.0. The van der Waals surface area contributed by atoms with Gasteiger partial charge in [0, 0.05) is 23.8 Å². The fourth-order valence-electron chi connectivity index (χ4n) is 8.92. The van der Waals surface area contributed by atoms with E-state index in [0.717, 1.165) is 0 Å². The van der Waals surface area contributed by atoms with Crippen molar-refractivity contribution in [2.24, 2.45) is 0 Å². The monoisotopic (exact) mass is 621 g/mol. The molecule has 47 heavy (non-hydrogen) atoms. The highest BCUT2D eigenvalue weighted by Gasteiger charge is 2.38. The molecule has 0 saturated heterocycles. The maximum atomic E-state index is 2.50. The van der Waals surface area contributed by atoms with E-state index in [2.05, 4.69) is 173 Å². The van der Waals surface area contributed by atoms with Crippen LogP contribution in [-0.4, -0.2) is 15.1 Å². The van der Waals surface area contributed by atoms with Gasteiger partial charge < -0.3 is 4.90 Å². The molecule has 7 aromatic rings. The Morgan fingerprint density at radius 3 is 1.98 bits per heavy atom. The standard InChI is InChI=1S/C45H39NSi/c1-28-22-24-32-35(26-28)43(34-17-13-19-37-44(34)33-16-9-10-18-36(33)45(37,2)3)31-15-8-7-14-30(31)42(32)29-23-25-41-39(27-29)46(4)38-20-11-12-21-40(38)47(41,5)6/h7-27H,1-6H3. The van der Waals surface area contributed by atoms with Crippen LogP contribution in [0.25, 0.3) is 54.9 Å². The van der Waals surface area contributed by atoms with Gasteiger partial charge in [-0.3, -0.25) is 0 Å². The first kappa shape index (κ1) is 28.3. The largest absolute Gasteiger partial charge is 0.345 e. The lowest BCUT2D eigenvalue weighted by molar-refractivity contribution is 0.660. The van der Waals surface area contributed by atoms with Crippen LogP contribution in [0.5, 0.6) is 0 Å². The molecular weight excluding hydrogens is 583 g/mol. The predicted molar refractivity (Wildman–Crippen MR) is 206 cm³/mol. The molecule has 0 amide bonds. The third kappa shape index (κ3) is 3.82. The zero-order valence-electron chi connectivity index (χ0n) is 28.1. The summed E-state index contributed by atoms with van der Waals surface area (Å²) >= 11 is 0. The summed E-state index contributed by atoms with van der Waals surface area (Å²) < 4.78 is 0.